The number of unbranched alkanes of at least 4 members (excludes halogenated alkanes) is 10. The van der Waals surface area contributed by atoms with Crippen LogP contribution in [-0.4, -0.2) is 15.0 Å². The van der Waals surface area contributed by atoms with Crippen LogP contribution < -0.4 is 0 Å². The minimum absolute atomic E-state index is 0.343. The molecule has 1 N–H and O–H groups in total. The molecule has 0 heterocycles. The molecule has 126 valence electrons. The summed E-state index contributed by atoms with van der Waals surface area (Å²) in [4.78, 5) is 10.4. The van der Waals surface area contributed by atoms with E-state index in [4.69, 9.17) is 5.11 Å². The number of carbonyl (C=O) groups is 1. The molecule has 3 heteroatoms. The summed E-state index contributed by atoms with van der Waals surface area (Å²) in [6, 6.07) is 0. The second kappa shape index (κ2) is 16.6. The standard InChI is InChI=1S/C18H35IO2/c1-2-3-4-11-14-17(19)15-12-9-7-5-6-8-10-13-16-18(20)21/h17H,2-16H2,1H3,(H,20,21). The van der Waals surface area contributed by atoms with Gasteiger partial charge >= 0.3 is 5.97 Å². The summed E-state index contributed by atoms with van der Waals surface area (Å²) < 4.78 is 0.885. The Morgan fingerprint density at radius 2 is 1.24 bits per heavy atom. The molecular weight excluding hydrogens is 375 g/mol. The Hall–Kier alpha value is 0.200. The number of alkyl halides is 1. The monoisotopic (exact) mass is 410 g/mol. The second-order valence-electron chi connectivity index (χ2n) is 6.21. The van der Waals surface area contributed by atoms with Crippen molar-refractivity contribution in [2.45, 2.75) is 107 Å². The van der Waals surface area contributed by atoms with Gasteiger partial charge in [-0.15, -0.1) is 0 Å². The lowest BCUT2D eigenvalue weighted by Gasteiger charge is -2.09. The quantitative estimate of drug-likeness (QED) is 0.174. The fourth-order valence-electron chi connectivity index (χ4n) is 2.64. The minimum atomic E-state index is -0.655. The van der Waals surface area contributed by atoms with E-state index in [1.807, 2.05) is 0 Å². The Morgan fingerprint density at radius 1 is 0.810 bits per heavy atom. The van der Waals surface area contributed by atoms with E-state index < -0.39 is 5.97 Å². The largest absolute Gasteiger partial charge is 0.481 e. The van der Waals surface area contributed by atoms with Crippen molar-refractivity contribution < 1.29 is 9.90 Å². The molecule has 0 aromatic rings. The Morgan fingerprint density at radius 3 is 1.71 bits per heavy atom. The zero-order valence-corrected chi connectivity index (χ0v) is 16.1. The molecular formula is C18H35IO2. The van der Waals surface area contributed by atoms with Gasteiger partial charge in [-0.1, -0.05) is 100 Å². The predicted octanol–water partition coefficient (Wildman–Crippen LogP) is 6.75. The van der Waals surface area contributed by atoms with Crippen LogP contribution in [0, 0.1) is 0 Å². The van der Waals surface area contributed by atoms with Gasteiger partial charge in [0.05, 0.1) is 0 Å². The average Bonchev–Trinajstić information content (AvgIpc) is 2.45. The minimum Gasteiger partial charge on any atom is -0.481 e. The van der Waals surface area contributed by atoms with E-state index in [0.717, 1.165) is 16.8 Å². The van der Waals surface area contributed by atoms with E-state index in [-0.39, 0.29) is 0 Å². The Balaban J connectivity index is 3.12. The molecule has 1 atom stereocenters. The van der Waals surface area contributed by atoms with Crippen LogP contribution in [0.1, 0.15) is 103 Å². The maximum atomic E-state index is 10.4. The summed E-state index contributed by atoms with van der Waals surface area (Å²) in [6.07, 6.45) is 18.6. The highest BCUT2D eigenvalue weighted by atomic mass is 127. The first-order valence-corrected chi connectivity index (χ1v) is 10.3. The van der Waals surface area contributed by atoms with Gasteiger partial charge in [-0.05, 0) is 19.3 Å². The fourth-order valence-corrected chi connectivity index (χ4v) is 3.52. The number of rotatable bonds is 16. The first kappa shape index (κ1) is 21.2. The van der Waals surface area contributed by atoms with Crippen molar-refractivity contribution in [3.8, 4) is 0 Å². The summed E-state index contributed by atoms with van der Waals surface area (Å²) in [7, 11) is 0. The molecule has 0 bridgehead atoms. The first-order valence-electron chi connectivity index (χ1n) is 9.02. The van der Waals surface area contributed by atoms with Crippen molar-refractivity contribution in [3.63, 3.8) is 0 Å². The zero-order chi connectivity index (χ0) is 15.8. The molecule has 0 aliphatic rings. The second-order valence-corrected chi connectivity index (χ2v) is 7.97. The lowest BCUT2D eigenvalue weighted by Crippen LogP contribution is -1.97. The van der Waals surface area contributed by atoms with E-state index >= 15 is 0 Å². The number of aliphatic carboxylic acids is 1. The number of carboxylic acids is 1. The summed E-state index contributed by atoms with van der Waals surface area (Å²) >= 11 is 2.63. The highest BCUT2D eigenvalue weighted by molar-refractivity contribution is 14.1. The molecule has 0 aromatic heterocycles. The van der Waals surface area contributed by atoms with Crippen molar-refractivity contribution in [2.24, 2.45) is 0 Å². The van der Waals surface area contributed by atoms with Gasteiger partial charge in [0.1, 0.15) is 0 Å². The predicted molar refractivity (Wildman–Crippen MR) is 100 cm³/mol. The lowest BCUT2D eigenvalue weighted by molar-refractivity contribution is -0.137. The van der Waals surface area contributed by atoms with Crippen molar-refractivity contribution in [3.05, 3.63) is 0 Å². The topological polar surface area (TPSA) is 37.3 Å². The van der Waals surface area contributed by atoms with Crippen LogP contribution in [0.3, 0.4) is 0 Å². The average molecular weight is 410 g/mol. The third-order valence-corrected chi connectivity index (χ3v) is 5.27. The molecule has 0 saturated heterocycles. The van der Waals surface area contributed by atoms with Crippen LogP contribution >= 0.6 is 22.6 Å². The number of carboxylic acid groups (broad SMARTS) is 1. The van der Waals surface area contributed by atoms with Gasteiger partial charge in [0.25, 0.3) is 0 Å². The van der Waals surface area contributed by atoms with Crippen LogP contribution in [-0.2, 0) is 4.79 Å². The van der Waals surface area contributed by atoms with Gasteiger partial charge < -0.3 is 5.11 Å². The molecule has 0 aliphatic heterocycles. The summed E-state index contributed by atoms with van der Waals surface area (Å²) in [5.74, 6) is -0.655. The summed E-state index contributed by atoms with van der Waals surface area (Å²) in [5.41, 5.74) is 0. The van der Waals surface area contributed by atoms with Crippen LogP contribution in [0.25, 0.3) is 0 Å². The van der Waals surface area contributed by atoms with Crippen molar-refractivity contribution in [1.82, 2.24) is 0 Å². The molecule has 2 nitrogen and oxygen atoms in total. The van der Waals surface area contributed by atoms with Crippen molar-refractivity contribution in [2.75, 3.05) is 0 Å². The van der Waals surface area contributed by atoms with Crippen LogP contribution in [0.5, 0.6) is 0 Å². The van der Waals surface area contributed by atoms with E-state index in [1.54, 1.807) is 0 Å². The van der Waals surface area contributed by atoms with E-state index in [1.165, 1.54) is 77.0 Å². The Labute approximate surface area is 145 Å². The molecule has 0 amide bonds. The van der Waals surface area contributed by atoms with Crippen molar-refractivity contribution in [1.29, 1.82) is 0 Å². The highest BCUT2D eigenvalue weighted by Crippen LogP contribution is 2.19. The molecule has 21 heavy (non-hydrogen) atoms. The maximum absolute atomic E-state index is 10.4. The molecule has 0 fully saturated rings. The molecule has 0 spiro atoms. The smallest absolute Gasteiger partial charge is 0.303 e. The maximum Gasteiger partial charge on any atom is 0.303 e. The molecule has 0 aromatic carbocycles. The third-order valence-electron chi connectivity index (χ3n) is 4.03. The third kappa shape index (κ3) is 18.2. The van der Waals surface area contributed by atoms with E-state index in [0.29, 0.717) is 6.42 Å². The van der Waals surface area contributed by atoms with Gasteiger partial charge in [0.2, 0.25) is 0 Å². The van der Waals surface area contributed by atoms with Crippen molar-refractivity contribution >= 4 is 28.6 Å². The molecule has 0 aliphatic carbocycles. The zero-order valence-electron chi connectivity index (χ0n) is 13.9. The number of halogens is 1. The number of hydrogen-bond donors (Lipinski definition) is 1. The molecule has 0 radical (unpaired) electrons. The van der Waals surface area contributed by atoms with E-state index in [2.05, 4.69) is 29.5 Å². The highest BCUT2D eigenvalue weighted by Gasteiger charge is 2.03. The van der Waals surface area contributed by atoms with Crippen LogP contribution in [0.15, 0.2) is 0 Å². The van der Waals surface area contributed by atoms with E-state index in [9.17, 15) is 4.79 Å². The van der Waals surface area contributed by atoms with Crippen LogP contribution in [0.4, 0.5) is 0 Å². The fraction of sp³-hybridized carbons (Fsp3) is 0.944. The summed E-state index contributed by atoms with van der Waals surface area (Å²) in [5, 5.41) is 8.54. The molecule has 0 rings (SSSR count). The Kier molecular flexibility index (Phi) is 16.7. The number of hydrogen-bond acceptors (Lipinski definition) is 1. The Bertz CT molecular complexity index is 231. The van der Waals surface area contributed by atoms with Crippen LogP contribution in [0.2, 0.25) is 0 Å². The van der Waals surface area contributed by atoms with Gasteiger partial charge in [-0.2, -0.15) is 0 Å². The normalized spacial score (nSPS) is 12.5. The first-order chi connectivity index (χ1) is 10.2. The SMILES string of the molecule is CCCCCCC(I)CCCCCCCCCCC(=O)O. The molecule has 0 saturated carbocycles. The van der Waals surface area contributed by atoms with Gasteiger partial charge in [-0.3, -0.25) is 4.79 Å². The van der Waals surface area contributed by atoms with Gasteiger partial charge in [0.15, 0.2) is 0 Å². The van der Waals surface area contributed by atoms with Gasteiger partial charge in [-0.25, -0.2) is 0 Å². The summed E-state index contributed by atoms with van der Waals surface area (Å²) in [6.45, 7) is 2.27. The van der Waals surface area contributed by atoms with Gasteiger partial charge in [0, 0.05) is 10.3 Å². The molecule has 1 unspecified atom stereocenters. The lowest BCUT2D eigenvalue weighted by atomic mass is 10.0.